The number of carbonyl (C=O) groups is 1. The van der Waals surface area contributed by atoms with Gasteiger partial charge in [-0.2, -0.15) is 4.72 Å². The Hall–Kier alpha value is -1.38. The molecule has 94 valence electrons. The van der Waals surface area contributed by atoms with Gasteiger partial charge >= 0.3 is 5.97 Å². The van der Waals surface area contributed by atoms with E-state index in [1.165, 1.54) is 13.1 Å². The lowest BCUT2D eigenvalue weighted by molar-refractivity contribution is -0.138. The van der Waals surface area contributed by atoms with Crippen molar-refractivity contribution in [1.29, 1.82) is 0 Å². The minimum atomic E-state index is -4.06. The molecule has 1 unspecified atom stereocenters. The van der Waals surface area contributed by atoms with Gasteiger partial charge in [0.25, 0.3) is 0 Å². The summed E-state index contributed by atoms with van der Waals surface area (Å²) in [7, 11) is -4.06. The fourth-order valence-electron chi connectivity index (χ4n) is 0.993. The zero-order valence-electron chi connectivity index (χ0n) is 8.71. The Labute approximate surface area is 103 Å². The van der Waals surface area contributed by atoms with E-state index in [1.54, 1.807) is 0 Å². The molecule has 0 aliphatic heterocycles. The third-order valence-electron chi connectivity index (χ3n) is 1.84. The molecule has 0 saturated carbocycles. The van der Waals surface area contributed by atoms with Gasteiger partial charge in [0.1, 0.15) is 16.8 Å². The van der Waals surface area contributed by atoms with E-state index in [1.807, 2.05) is 4.72 Å². The quantitative estimate of drug-likeness (QED) is 0.717. The van der Waals surface area contributed by atoms with Crippen molar-refractivity contribution < 1.29 is 18.3 Å². The maximum Gasteiger partial charge on any atom is 0.321 e. The Morgan fingerprint density at radius 2 is 2.24 bits per heavy atom. The molecule has 0 radical (unpaired) electrons. The summed E-state index contributed by atoms with van der Waals surface area (Å²) in [6.07, 6.45) is 1.19. The summed E-state index contributed by atoms with van der Waals surface area (Å²) in [6.45, 7) is 1.19. The van der Waals surface area contributed by atoms with Gasteiger partial charge in [-0.25, -0.2) is 13.4 Å². The van der Waals surface area contributed by atoms with Crippen LogP contribution in [0, 0.1) is 0 Å². The number of hydrogen-bond donors (Lipinski definition) is 3. The van der Waals surface area contributed by atoms with Gasteiger partial charge in [0.05, 0.1) is 5.02 Å². The molecule has 1 atom stereocenters. The van der Waals surface area contributed by atoms with Gasteiger partial charge in [0.15, 0.2) is 0 Å². The molecule has 1 aromatic heterocycles. The van der Waals surface area contributed by atoms with E-state index in [0.717, 1.165) is 6.07 Å². The molecule has 0 aliphatic carbocycles. The molecule has 1 heterocycles. The number of rotatable bonds is 4. The van der Waals surface area contributed by atoms with E-state index >= 15 is 0 Å². The minimum Gasteiger partial charge on any atom is -0.480 e. The summed E-state index contributed by atoms with van der Waals surface area (Å²) >= 11 is 5.60. The van der Waals surface area contributed by atoms with Crippen molar-refractivity contribution in [3.05, 3.63) is 17.3 Å². The number of halogens is 1. The third-order valence-corrected chi connectivity index (χ3v) is 3.62. The minimum absolute atomic E-state index is 0.0857. The Kier molecular flexibility index (Phi) is 3.91. The highest BCUT2D eigenvalue weighted by atomic mass is 35.5. The van der Waals surface area contributed by atoms with Crippen molar-refractivity contribution in [2.45, 2.75) is 17.9 Å². The van der Waals surface area contributed by atoms with Gasteiger partial charge in [-0.05, 0) is 13.0 Å². The number of nitrogens with one attached hydrogen (secondary N) is 1. The van der Waals surface area contributed by atoms with Gasteiger partial charge in [0.2, 0.25) is 10.0 Å². The van der Waals surface area contributed by atoms with Crippen LogP contribution in [-0.2, 0) is 14.8 Å². The number of carboxylic acid groups (broad SMARTS) is 1. The van der Waals surface area contributed by atoms with Gasteiger partial charge in [-0.1, -0.05) is 11.6 Å². The molecule has 0 saturated heterocycles. The highest BCUT2D eigenvalue weighted by Gasteiger charge is 2.24. The number of nitrogen functional groups attached to an aromatic ring is 1. The predicted octanol–water partition coefficient (Wildman–Crippen LogP) is 0.0686. The van der Waals surface area contributed by atoms with E-state index < -0.39 is 22.0 Å². The van der Waals surface area contributed by atoms with Crippen LogP contribution in [0.5, 0.6) is 0 Å². The highest BCUT2D eigenvalue weighted by molar-refractivity contribution is 7.89. The third kappa shape index (κ3) is 3.29. The molecule has 0 aromatic carbocycles. The molecule has 7 nitrogen and oxygen atoms in total. The lowest BCUT2D eigenvalue weighted by Crippen LogP contribution is -2.38. The second-order valence-electron chi connectivity index (χ2n) is 3.22. The molecule has 17 heavy (non-hydrogen) atoms. The SMILES string of the molecule is CC(NS(=O)(=O)c1cc(Cl)cnc1N)C(=O)O. The van der Waals surface area contributed by atoms with Crippen LogP contribution in [0.2, 0.25) is 5.02 Å². The van der Waals surface area contributed by atoms with Crippen molar-refractivity contribution in [3.8, 4) is 0 Å². The van der Waals surface area contributed by atoms with Crippen LogP contribution in [0.3, 0.4) is 0 Å². The van der Waals surface area contributed by atoms with E-state index in [0.29, 0.717) is 0 Å². The molecule has 4 N–H and O–H groups in total. The molecule has 1 rings (SSSR count). The van der Waals surface area contributed by atoms with Crippen LogP contribution in [0.15, 0.2) is 17.2 Å². The Balaban J connectivity index is 3.13. The summed E-state index contributed by atoms with van der Waals surface area (Å²) in [5.74, 6) is -1.55. The molecule has 0 spiro atoms. The Bertz CT molecular complexity index is 546. The average Bonchev–Trinajstić information content (AvgIpc) is 2.20. The summed E-state index contributed by atoms with van der Waals surface area (Å²) in [6, 6.07) is -0.181. The number of anilines is 1. The molecule has 0 bridgehead atoms. The van der Waals surface area contributed by atoms with Crippen molar-refractivity contribution >= 4 is 33.4 Å². The van der Waals surface area contributed by atoms with Gasteiger partial charge in [-0.15, -0.1) is 0 Å². The molecule has 0 amide bonds. The predicted molar refractivity (Wildman–Crippen MR) is 61.1 cm³/mol. The zero-order valence-corrected chi connectivity index (χ0v) is 10.3. The van der Waals surface area contributed by atoms with Crippen molar-refractivity contribution in [3.63, 3.8) is 0 Å². The van der Waals surface area contributed by atoms with Crippen LogP contribution < -0.4 is 10.5 Å². The first-order valence-corrected chi connectivity index (χ1v) is 6.26. The smallest absolute Gasteiger partial charge is 0.321 e. The van der Waals surface area contributed by atoms with Gasteiger partial charge in [0, 0.05) is 6.20 Å². The van der Waals surface area contributed by atoms with E-state index in [4.69, 9.17) is 22.4 Å². The van der Waals surface area contributed by atoms with Gasteiger partial charge < -0.3 is 10.8 Å². The summed E-state index contributed by atoms with van der Waals surface area (Å²) in [5.41, 5.74) is 5.39. The Morgan fingerprint density at radius 3 is 2.76 bits per heavy atom. The van der Waals surface area contributed by atoms with Crippen LogP contribution in [0.4, 0.5) is 5.82 Å². The maximum atomic E-state index is 11.8. The number of sulfonamides is 1. The Morgan fingerprint density at radius 1 is 1.65 bits per heavy atom. The van der Waals surface area contributed by atoms with Crippen molar-refractivity contribution in [2.75, 3.05) is 5.73 Å². The lowest BCUT2D eigenvalue weighted by atomic mass is 10.4. The van der Waals surface area contributed by atoms with Crippen molar-refractivity contribution in [2.24, 2.45) is 0 Å². The van der Waals surface area contributed by atoms with Crippen LogP contribution in [-0.4, -0.2) is 30.5 Å². The topological polar surface area (TPSA) is 122 Å². The molecular weight excluding hydrogens is 270 g/mol. The number of pyridine rings is 1. The average molecular weight is 280 g/mol. The zero-order chi connectivity index (χ0) is 13.2. The number of nitrogens with zero attached hydrogens (tertiary/aromatic N) is 1. The van der Waals surface area contributed by atoms with Gasteiger partial charge in [-0.3, -0.25) is 4.79 Å². The van der Waals surface area contributed by atoms with E-state index in [2.05, 4.69) is 4.98 Å². The molecular formula is C8H10ClN3O4S. The standard InChI is InChI=1S/C8H10ClN3O4S/c1-4(8(13)14)12-17(15,16)6-2-5(9)3-11-7(6)10/h2-4,12H,1H3,(H2,10,11)(H,13,14). The first-order valence-electron chi connectivity index (χ1n) is 4.40. The lowest BCUT2D eigenvalue weighted by Gasteiger charge is -2.11. The van der Waals surface area contributed by atoms with Crippen LogP contribution >= 0.6 is 11.6 Å². The normalized spacial score (nSPS) is 13.3. The maximum absolute atomic E-state index is 11.8. The summed E-state index contributed by atoms with van der Waals surface area (Å²) in [4.78, 5) is 13.8. The highest BCUT2D eigenvalue weighted by Crippen LogP contribution is 2.20. The summed E-state index contributed by atoms with van der Waals surface area (Å²) in [5, 5.41) is 8.70. The number of carboxylic acids is 1. The van der Waals surface area contributed by atoms with E-state index in [-0.39, 0.29) is 15.7 Å². The summed E-state index contributed by atoms with van der Waals surface area (Å²) < 4.78 is 25.5. The molecule has 9 heteroatoms. The van der Waals surface area contributed by atoms with Crippen LogP contribution in [0.1, 0.15) is 6.92 Å². The monoisotopic (exact) mass is 279 g/mol. The van der Waals surface area contributed by atoms with Crippen molar-refractivity contribution in [1.82, 2.24) is 9.71 Å². The molecule has 0 aliphatic rings. The largest absolute Gasteiger partial charge is 0.480 e. The first kappa shape index (κ1) is 13.7. The van der Waals surface area contributed by atoms with Crippen LogP contribution in [0.25, 0.3) is 0 Å². The second-order valence-corrected chi connectivity index (χ2v) is 5.34. The van der Waals surface area contributed by atoms with E-state index in [9.17, 15) is 13.2 Å². The number of aromatic nitrogens is 1. The number of aliphatic carboxylic acids is 1. The number of hydrogen-bond acceptors (Lipinski definition) is 5. The fraction of sp³-hybridized carbons (Fsp3) is 0.250. The number of nitrogens with two attached hydrogens (primary N) is 1. The molecule has 1 aromatic rings. The fourth-order valence-corrected chi connectivity index (χ4v) is 2.52. The molecule has 0 fully saturated rings. The second kappa shape index (κ2) is 4.86. The first-order chi connectivity index (χ1) is 7.74.